The summed E-state index contributed by atoms with van der Waals surface area (Å²) >= 11 is 0. The fourth-order valence-corrected chi connectivity index (χ4v) is 2.70. The molecule has 0 aliphatic heterocycles. The van der Waals surface area contributed by atoms with Crippen LogP contribution in [0.5, 0.6) is 0 Å². The van der Waals surface area contributed by atoms with Crippen molar-refractivity contribution in [2.45, 2.75) is 59.0 Å². The highest BCUT2D eigenvalue weighted by Gasteiger charge is 2.15. The molecule has 0 unspecified atom stereocenters. The minimum absolute atomic E-state index is 0.0737. The summed E-state index contributed by atoms with van der Waals surface area (Å²) in [5.74, 6) is -0.379. The summed E-state index contributed by atoms with van der Waals surface area (Å²) in [5.41, 5.74) is -0.501. The van der Waals surface area contributed by atoms with Gasteiger partial charge in [-0.25, -0.2) is 4.79 Å². The quantitative estimate of drug-likeness (QED) is 0.112. The van der Waals surface area contributed by atoms with Crippen LogP contribution in [0.25, 0.3) is 0 Å². The Morgan fingerprint density at radius 1 is 0.472 bits per heavy atom. The predicted octanol–water partition coefficient (Wildman–Crippen LogP) is 3.04. The molecule has 0 aliphatic rings. The van der Waals surface area contributed by atoms with Crippen molar-refractivity contribution < 1.29 is 47.4 Å². The van der Waals surface area contributed by atoms with E-state index in [1.807, 2.05) is 20.8 Å². The molecule has 0 fully saturated rings. The summed E-state index contributed by atoms with van der Waals surface area (Å²) in [5, 5.41) is 0. The van der Waals surface area contributed by atoms with Crippen LogP contribution in [0, 0.1) is 0 Å². The van der Waals surface area contributed by atoms with E-state index in [9.17, 15) is 4.79 Å². The first-order valence-corrected chi connectivity index (χ1v) is 13.3. The largest absolute Gasteiger partial charge is 0.458 e. The molecular weight excluding hydrogens is 472 g/mol. The first kappa shape index (κ1) is 35.2. The van der Waals surface area contributed by atoms with E-state index in [1.165, 1.54) is 19.3 Å². The number of esters is 1. The summed E-state index contributed by atoms with van der Waals surface area (Å²) in [4.78, 5) is 11.5. The second-order valence-corrected chi connectivity index (χ2v) is 8.99. The molecule has 0 rings (SSSR count). The summed E-state index contributed by atoms with van der Waals surface area (Å²) in [7, 11) is 0. The van der Waals surface area contributed by atoms with E-state index in [1.54, 1.807) is 0 Å². The fraction of sp³-hybridized carbons (Fsp3) is 0.962. The van der Waals surface area contributed by atoms with Gasteiger partial charge in [0.1, 0.15) is 12.2 Å². The lowest BCUT2D eigenvalue weighted by Crippen LogP contribution is -2.27. The van der Waals surface area contributed by atoms with Gasteiger partial charge in [0.25, 0.3) is 0 Å². The van der Waals surface area contributed by atoms with Gasteiger partial charge in [-0.1, -0.05) is 26.2 Å². The van der Waals surface area contributed by atoms with E-state index in [-0.39, 0.29) is 12.6 Å². The van der Waals surface area contributed by atoms with Crippen LogP contribution < -0.4 is 0 Å². The molecule has 0 spiro atoms. The zero-order valence-corrected chi connectivity index (χ0v) is 23.2. The molecule has 0 bridgehead atoms. The van der Waals surface area contributed by atoms with Gasteiger partial charge in [-0.05, 0) is 27.2 Å². The third-order valence-electron chi connectivity index (χ3n) is 4.39. The third-order valence-corrected chi connectivity index (χ3v) is 4.39. The van der Waals surface area contributed by atoms with Crippen LogP contribution in [-0.2, 0) is 47.4 Å². The second kappa shape index (κ2) is 27.2. The number of unbranched alkanes of at least 4 members (excludes halogenated alkanes) is 3. The molecular formula is C26H52O10. The molecule has 10 heteroatoms. The SMILES string of the molecule is CCCCCCOCCOCCOCCOCCOCCOCCOCCOCC(=O)OC(C)(C)C. The lowest BCUT2D eigenvalue weighted by molar-refractivity contribution is -0.160. The topological polar surface area (TPSA) is 100 Å². The molecule has 0 atom stereocenters. The van der Waals surface area contributed by atoms with Gasteiger partial charge in [-0.2, -0.15) is 0 Å². The second-order valence-electron chi connectivity index (χ2n) is 8.99. The molecule has 0 heterocycles. The maximum absolute atomic E-state index is 11.5. The summed E-state index contributed by atoms with van der Waals surface area (Å²) in [6.07, 6.45) is 4.89. The lowest BCUT2D eigenvalue weighted by Gasteiger charge is -2.19. The van der Waals surface area contributed by atoms with Crippen molar-refractivity contribution in [1.82, 2.24) is 0 Å². The molecule has 0 amide bonds. The van der Waals surface area contributed by atoms with Crippen LogP contribution >= 0.6 is 0 Å². The summed E-state index contributed by atoms with van der Waals surface area (Å²) < 4.78 is 48.5. The molecule has 0 aromatic carbocycles. The minimum Gasteiger partial charge on any atom is -0.458 e. The minimum atomic E-state index is -0.501. The van der Waals surface area contributed by atoms with Crippen molar-refractivity contribution in [1.29, 1.82) is 0 Å². The molecule has 0 N–H and O–H groups in total. The number of carbonyl (C=O) groups excluding carboxylic acids is 1. The zero-order chi connectivity index (χ0) is 26.6. The number of hydrogen-bond donors (Lipinski definition) is 0. The molecule has 0 saturated heterocycles. The fourth-order valence-electron chi connectivity index (χ4n) is 2.70. The Morgan fingerprint density at radius 3 is 1.14 bits per heavy atom. The Morgan fingerprint density at radius 2 is 0.806 bits per heavy atom. The van der Waals surface area contributed by atoms with Crippen LogP contribution in [0.4, 0.5) is 0 Å². The van der Waals surface area contributed by atoms with Gasteiger partial charge >= 0.3 is 5.97 Å². The number of ether oxygens (including phenoxy) is 9. The lowest BCUT2D eigenvalue weighted by atomic mass is 10.2. The van der Waals surface area contributed by atoms with Crippen molar-refractivity contribution in [2.75, 3.05) is 106 Å². The van der Waals surface area contributed by atoms with E-state index in [0.29, 0.717) is 92.5 Å². The van der Waals surface area contributed by atoms with Gasteiger partial charge in [0.05, 0.1) is 92.5 Å². The average molecular weight is 525 g/mol. The predicted molar refractivity (Wildman–Crippen MR) is 137 cm³/mol. The third kappa shape index (κ3) is 31.2. The van der Waals surface area contributed by atoms with Gasteiger partial charge in [-0.15, -0.1) is 0 Å². The molecule has 0 aliphatic carbocycles. The monoisotopic (exact) mass is 524 g/mol. The van der Waals surface area contributed by atoms with Gasteiger partial charge in [0, 0.05) is 6.61 Å². The first-order valence-electron chi connectivity index (χ1n) is 13.3. The molecule has 10 nitrogen and oxygen atoms in total. The standard InChI is InChI=1S/C26H52O10/c1-5-6-7-8-9-28-10-11-29-12-13-30-14-15-31-16-17-32-18-19-33-20-21-34-22-23-35-24-25(27)36-26(2,3)4/h5-24H2,1-4H3. The van der Waals surface area contributed by atoms with E-state index in [0.717, 1.165) is 13.0 Å². The molecule has 36 heavy (non-hydrogen) atoms. The average Bonchev–Trinajstić information content (AvgIpc) is 2.82. The first-order chi connectivity index (χ1) is 17.5. The molecule has 216 valence electrons. The Kier molecular flexibility index (Phi) is 26.5. The maximum Gasteiger partial charge on any atom is 0.332 e. The van der Waals surface area contributed by atoms with Crippen LogP contribution in [0.2, 0.25) is 0 Å². The Balaban J connectivity index is 3.09. The van der Waals surface area contributed by atoms with Crippen LogP contribution in [0.3, 0.4) is 0 Å². The molecule has 0 aromatic rings. The van der Waals surface area contributed by atoms with Crippen molar-refractivity contribution in [3.8, 4) is 0 Å². The smallest absolute Gasteiger partial charge is 0.332 e. The van der Waals surface area contributed by atoms with Crippen LogP contribution in [-0.4, -0.2) is 117 Å². The van der Waals surface area contributed by atoms with Crippen LogP contribution in [0.15, 0.2) is 0 Å². The number of rotatable bonds is 28. The van der Waals surface area contributed by atoms with Crippen LogP contribution in [0.1, 0.15) is 53.4 Å². The number of carbonyl (C=O) groups is 1. The van der Waals surface area contributed by atoms with E-state index < -0.39 is 5.60 Å². The van der Waals surface area contributed by atoms with Gasteiger partial charge in [0.2, 0.25) is 0 Å². The molecule has 0 saturated carbocycles. The highest BCUT2D eigenvalue weighted by molar-refractivity contribution is 5.71. The number of hydrogen-bond acceptors (Lipinski definition) is 10. The normalized spacial score (nSPS) is 11.8. The van der Waals surface area contributed by atoms with Crippen molar-refractivity contribution >= 4 is 5.97 Å². The van der Waals surface area contributed by atoms with E-state index in [4.69, 9.17) is 42.6 Å². The highest BCUT2D eigenvalue weighted by Crippen LogP contribution is 2.06. The Labute approximate surface area is 218 Å². The van der Waals surface area contributed by atoms with E-state index in [2.05, 4.69) is 6.92 Å². The van der Waals surface area contributed by atoms with Crippen molar-refractivity contribution in [2.24, 2.45) is 0 Å². The van der Waals surface area contributed by atoms with Crippen molar-refractivity contribution in [3.63, 3.8) is 0 Å². The summed E-state index contributed by atoms with van der Waals surface area (Å²) in [6, 6.07) is 0. The van der Waals surface area contributed by atoms with Crippen molar-refractivity contribution in [3.05, 3.63) is 0 Å². The maximum atomic E-state index is 11.5. The highest BCUT2D eigenvalue weighted by atomic mass is 16.6. The van der Waals surface area contributed by atoms with Gasteiger partial charge in [0.15, 0.2) is 0 Å². The van der Waals surface area contributed by atoms with Gasteiger partial charge in [-0.3, -0.25) is 0 Å². The summed E-state index contributed by atoms with van der Waals surface area (Å²) in [6.45, 7) is 15.5. The Bertz CT molecular complexity index is 456. The Hall–Kier alpha value is -0.850. The zero-order valence-electron chi connectivity index (χ0n) is 23.2. The van der Waals surface area contributed by atoms with Gasteiger partial charge < -0.3 is 42.6 Å². The molecule has 0 aromatic heterocycles. The van der Waals surface area contributed by atoms with E-state index >= 15 is 0 Å². The molecule has 0 radical (unpaired) electrons.